The van der Waals surface area contributed by atoms with E-state index in [0.29, 0.717) is 12.1 Å². The lowest BCUT2D eigenvalue weighted by Crippen LogP contribution is -2.52. The first-order valence-electron chi connectivity index (χ1n) is 7.47. The summed E-state index contributed by atoms with van der Waals surface area (Å²) in [6.07, 6.45) is 8.19. The molecule has 1 aliphatic carbocycles. The van der Waals surface area contributed by atoms with E-state index in [1.54, 1.807) is 0 Å². The van der Waals surface area contributed by atoms with Crippen molar-refractivity contribution in [2.75, 3.05) is 13.1 Å². The molecule has 1 unspecified atom stereocenters. The summed E-state index contributed by atoms with van der Waals surface area (Å²) in [6.45, 7) is 3.94. The van der Waals surface area contributed by atoms with Gasteiger partial charge in [0.2, 0.25) is 5.91 Å². The lowest BCUT2D eigenvalue weighted by atomic mass is 9.95. The van der Waals surface area contributed by atoms with Gasteiger partial charge in [-0.25, -0.2) is 0 Å². The van der Waals surface area contributed by atoms with Crippen LogP contribution in [0.2, 0.25) is 0 Å². The number of amides is 1. The minimum Gasteiger partial charge on any atom is -0.352 e. The fraction of sp³-hybridized carbons (Fsp3) is 0.929. The summed E-state index contributed by atoms with van der Waals surface area (Å²) in [6, 6.07) is 0.745. The number of carbonyl (C=O) groups is 1. The van der Waals surface area contributed by atoms with Gasteiger partial charge < -0.3 is 11.1 Å². The molecule has 1 atom stereocenters. The number of nitrogens with two attached hydrogens (primary N) is 1. The Kier molecular flexibility index (Phi) is 5.01. The molecule has 0 bridgehead atoms. The Morgan fingerprint density at radius 3 is 2.39 bits per heavy atom. The molecule has 1 saturated carbocycles. The molecular weight excluding hydrogens is 226 g/mol. The van der Waals surface area contributed by atoms with E-state index in [2.05, 4.69) is 10.2 Å². The van der Waals surface area contributed by atoms with E-state index in [4.69, 9.17) is 5.73 Å². The van der Waals surface area contributed by atoms with Gasteiger partial charge in [0.05, 0.1) is 6.04 Å². The topological polar surface area (TPSA) is 58.4 Å². The van der Waals surface area contributed by atoms with Crippen molar-refractivity contribution >= 4 is 5.91 Å². The number of piperidine rings is 1. The predicted octanol–water partition coefficient (Wildman–Crippen LogP) is 1.25. The van der Waals surface area contributed by atoms with Gasteiger partial charge in [-0.15, -0.1) is 0 Å². The molecule has 0 aromatic carbocycles. The largest absolute Gasteiger partial charge is 0.352 e. The lowest BCUT2D eigenvalue weighted by Gasteiger charge is -2.35. The number of hydrogen-bond acceptors (Lipinski definition) is 3. The van der Waals surface area contributed by atoms with Crippen molar-refractivity contribution in [2.24, 2.45) is 5.73 Å². The third-order valence-electron chi connectivity index (χ3n) is 4.45. The summed E-state index contributed by atoms with van der Waals surface area (Å²) in [5, 5.41) is 3.22. The summed E-state index contributed by atoms with van der Waals surface area (Å²) in [7, 11) is 0. The van der Waals surface area contributed by atoms with Crippen molar-refractivity contribution in [2.45, 2.75) is 70.0 Å². The van der Waals surface area contributed by atoms with Crippen LogP contribution in [0.15, 0.2) is 0 Å². The van der Waals surface area contributed by atoms with E-state index in [1.807, 2.05) is 6.92 Å². The number of nitrogens with one attached hydrogen (secondary N) is 1. The third-order valence-corrected chi connectivity index (χ3v) is 4.45. The van der Waals surface area contributed by atoms with E-state index in [1.165, 1.54) is 19.3 Å². The van der Waals surface area contributed by atoms with Crippen LogP contribution in [0.1, 0.15) is 51.9 Å². The minimum absolute atomic E-state index is 0.000531. The molecule has 18 heavy (non-hydrogen) atoms. The molecule has 1 heterocycles. The zero-order valence-electron chi connectivity index (χ0n) is 11.5. The summed E-state index contributed by atoms with van der Waals surface area (Å²) in [5.74, 6) is 0.206. The Bertz CT molecular complexity index is 268. The van der Waals surface area contributed by atoms with E-state index in [9.17, 15) is 4.79 Å². The molecule has 2 aliphatic rings. The van der Waals surface area contributed by atoms with E-state index in [0.717, 1.165) is 38.8 Å². The second-order valence-corrected chi connectivity index (χ2v) is 5.89. The molecule has 104 valence electrons. The van der Waals surface area contributed by atoms with Gasteiger partial charge in [0.25, 0.3) is 0 Å². The molecule has 0 aromatic rings. The third kappa shape index (κ3) is 3.69. The standard InChI is InChI=1S/C14H27N3O/c1-11(17-9-7-12(15)8-10-17)14(18)16-13-5-3-2-4-6-13/h11-13H,2-10,15H2,1H3,(H,16,18). The Morgan fingerprint density at radius 1 is 1.17 bits per heavy atom. The van der Waals surface area contributed by atoms with Crippen LogP contribution in [0, 0.1) is 0 Å². The Labute approximate surface area is 110 Å². The molecule has 2 rings (SSSR count). The fourth-order valence-electron chi connectivity index (χ4n) is 3.04. The van der Waals surface area contributed by atoms with Crippen LogP contribution >= 0.6 is 0 Å². The predicted molar refractivity (Wildman–Crippen MR) is 73.3 cm³/mol. The maximum atomic E-state index is 12.2. The maximum Gasteiger partial charge on any atom is 0.237 e. The van der Waals surface area contributed by atoms with Crippen LogP contribution < -0.4 is 11.1 Å². The number of hydrogen-bond donors (Lipinski definition) is 2. The van der Waals surface area contributed by atoms with Gasteiger partial charge in [-0.05, 0) is 32.6 Å². The van der Waals surface area contributed by atoms with Crippen molar-refractivity contribution in [3.63, 3.8) is 0 Å². The van der Waals surface area contributed by atoms with E-state index < -0.39 is 0 Å². The summed E-state index contributed by atoms with van der Waals surface area (Å²) >= 11 is 0. The van der Waals surface area contributed by atoms with E-state index >= 15 is 0 Å². The zero-order chi connectivity index (χ0) is 13.0. The average Bonchev–Trinajstić information content (AvgIpc) is 2.40. The molecule has 1 saturated heterocycles. The normalized spacial score (nSPS) is 25.9. The highest BCUT2D eigenvalue weighted by Crippen LogP contribution is 2.18. The molecule has 2 fully saturated rings. The summed E-state index contributed by atoms with van der Waals surface area (Å²) < 4.78 is 0. The molecule has 1 aliphatic heterocycles. The monoisotopic (exact) mass is 253 g/mol. The summed E-state index contributed by atoms with van der Waals surface area (Å²) in [5.41, 5.74) is 5.90. The molecule has 0 spiro atoms. The van der Waals surface area contributed by atoms with Gasteiger partial charge in [-0.2, -0.15) is 0 Å². The molecule has 4 nitrogen and oxygen atoms in total. The first-order chi connectivity index (χ1) is 8.66. The van der Waals surface area contributed by atoms with Crippen LogP contribution in [0.4, 0.5) is 0 Å². The molecular formula is C14H27N3O. The second-order valence-electron chi connectivity index (χ2n) is 5.89. The molecule has 4 heteroatoms. The van der Waals surface area contributed by atoms with Crippen molar-refractivity contribution in [1.82, 2.24) is 10.2 Å². The number of carbonyl (C=O) groups excluding carboxylic acids is 1. The number of rotatable bonds is 3. The van der Waals surface area contributed by atoms with Gasteiger partial charge in [-0.1, -0.05) is 19.3 Å². The highest BCUT2D eigenvalue weighted by atomic mass is 16.2. The smallest absolute Gasteiger partial charge is 0.237 e. The second kappa shape index (κ2) is 6.53. The molecule has 0 radical (unpaired) electrons. The van der Waals surface area contributed by atoms with Gasteiger partial charge in [0, 0.05) is 25.2 Å². The average molecular weight is 253 g/mol. The first kappa shape index (κ1) is 13.8. The van der Waals surface area contributed by atoms with E-state index in [-0.39, 0.29) is 11.9 Å². The highest BCUT2D eigenvalue weighted by Gasteiger charge is 2.26. The maximum absolute atomic E-state index is 12.2. The van der Waals surface area contributed by atoms with Crippen molar-refractivity contribution in [3.05, 3.63) is 0 Å². The Balaban J connectivity index is 1.77. The molecule has 0 aromatic heterocycles. The van der Waals surface area contributed by atoms with Crippen molar-refractivity contribution in [3.8, 4) is 0 Å². The fourth-order valence-corrected chi connectivity index (χ4v) is 3.04. The Hall–Kier alpha value is -0.610. The summed E-state index contributed by atoms with van der Waals surface area (Å²) in [4.78, 5) is 14.5. The molecule has 1 amide bonds. The van der Waals surface area contributed by atoms with Gasteiger partial charge in [0.15, 0.2) is 0 Å². The van der Waals surface area contributed by atoms with Crippen LogP contribution in [-0.2, 0) is 4.79 Å². The SMILES string of the molecule is CC(C(=O)NC1CCCCC1)N1CCC(N)CC1. The van der Waals surface area contributed by atoms with Crippen LogP contribution in [0.3, 0.4) is 0 Å². The quantitative estimate of drug-likeness (QED) is 0.796. The van der Waals surface area contributed by atoms with Crippen molar-refractivity contribution in [1.29, 1.82) is 0 Å². The minimum atomic E-state index is -0.000531. The van der Waals surface area contributed by atoms with Crippen molar-refractivity contribution < 1.29 is 4.79 Å². The highest BCUT2D eigenvalue weighted by molar-refractivity contribution is 5.81. The number of likely N-dealkylation sites (tertiary alicyclic amines) is 1. The number of nitrogens with zero attached hydrogens (tertiary/aromatic N) is 1. The van der Waals surface area contributed by atoms with Crippen LogP contribution in [0.25, 0.3) is 0 Å². The zero-order valence-corrected chi connectivity index (χ0v) is 11.5. The van der Waals surface area contributed by atoms with Gasteiger partial charge in [0.1, 0.15) is 0 Å². The molecule has 3 N–H and O–H groups in total. The lowest BCUT2D eigenvalue weighted by molar-refractivity contribution is -0.127. The first-order valence-corrected chi connectivity index (χ1v) is 7.47. The van der Waals surface area contributed by atoms with Gasteiger partial charge in [-0.3, -0.25) is 9.69 Å². The van der Waals surface area contributed by atoms with Crippen LogP contribution in [-0.4, -0.2) is 42.0 Å². The Morgan fingerprint density at radius 2 is 1.78 bits per heavy atom. The van der Waals surface area contributed by atoms with Gasteiger partial charge >= 0.3 is 0 Å². The van der Waals surface area contributed by atoms with Crippen LogP contribution in [0.5, 0.6) is 0 Å².